The molecule has 2 heterocycles. The van der Waals surface area contributed by atoms with E-state index in [1.54, 1.807) is 0 Å². The quantitative estimate of drug-likeness (QED) is 0.645. The van der Waals surface area contributed by atoms with E-state index in [1.807, 2.05) is 11.8 Å². The lowest BCUT2D eigenvalue weighted by atomic mass is 9.77. The Hall–Kier alpha value is -1.39. The molecular formula is C21H20BrNOS. The minimum absolute atomic E-state index is 0.349. The normalized spacial score (nSPS) is 27.2. The molecule has 3 atom stereocenters. The van der Waals surface area contributed by atoms with Gasteiger partial charge in [-0.2, -0.15) is 11.8 Å². The second kappa shape index (κ2) is 6.40. The zero-order valence-corrected chi connectivity index (χ0v) is 16.2. The molecule has 0 spiro atoms. The molecule has 0 aromatic heterocycles. The van der Waals surface area contributed by atoms with E-state index in [1.165, 1.54) is 16.8 Å². The van der Waals surface area contributed by atoms with Crippen molar-refractivity contribution in [3.8, 4) is 5.75 Å². The van der Waals surface area contributed by atoms with Gasteiger partial charge in [0, 0.05) is 27.6 Å². The van der Waals surface area contributed by atoms with Crippen molar-refractivity contribution in [2.45, 2.75) is 24.5 Å². The van der Waals surface area contributed by atoms with Crippen molar-refractivity contribution in [1.82, 2.24) is 0 Å². The van der Waals surface area contributed by atoms with Crippen molar-refractivity contribution in [1.29, 1.82) is 0 Å². The number of halogens is 1. The zero-order valence-electron chi connectivity index (χ0n) is 13.8. The van der Waals surface area contributed by atoms with Crippen molar-refractivity contribution in [2.24, 2.45) is 5.92 Å². The van der Waals surface area contributed by atoms with Gasteiger partial charge in [0.1, 0.15) is 11.9 Å². The summed E-state index contributed by atoms with van der Waals surface area (Å²) in [4.78, 5) is 0. The zero-order chi connectivity index (χ0) is 16.8. The first-order chi connectivity index (χ1) is 12.3. The van der Waals surface area contributed by atoms with Crippen molar-refractivity contribution in [3.05, 3.63) is 70.2 Å². The molecule has 2 aliphatic heterocycles. The minimum Gasteiger partial charge on any atom is -0.489 e. The van der Waals surface area contributed by atoms with Gasteiger partial charge in [0.15, 0.2) is 0 Å². The summed E-state index contributed by atoms with van der Waals surface area (Å²) in [6.07, 6.45) is 6.25. The van der Waals surface area contributed by atoms with Gasteiger partial charge in [-0.05, 0) is 53.8 Å². The molecule has 4 heteroatoms. The van der Waals surface area contributed by atoms with E-state index in [2.05, 4.69) is 75.9 Å². The number of anilines is 1. The number of hydrogen-bond donors (Lipinski definition) is 1. The summed E-state index contributed by atoms with van der Waals surface area (Å²) in [7, 11) is 0. The maximum absolute atomic E-state index is 5.99. The van der Waals surface area contributed by atoms with E-state index >= 15 is 0 Å². The molecule has 2 aromatic carbocycles. The van der Waals surface area contributed by atoms with Crippen LogP contribution in [0.5, 0.6) is 5.75 Å². The Morgan fingerprint density at radius 3 is 2.68 bits per heavy atom. The van der Waals surface area contributed by atoms with Gasteiger partial charge in [-0.15, -0.1) is 0 Å². The van der Waals surface area contributed by atoms with E-state index in [0.717, 1.165) is 28.1 Å². The first kappa shape index (κ1) is 15.8. The Balaban J connectivity index is 1.42. The number of rotatable bonds is 3. The van der Waals surface area contributed by atoms with E-state index in [-0.39, 0.29) is 0 Å². The van der Waals surface area contributed by atoms with Crippen molar-refractivity contribution >= 4 is 33.4 Å². The van der Waals surface area contributed by atoms with Crippen molar-refractivity contribution in [3.63, 3.8) is 0 Å². The molecule has 0 amide bonds. The maximum Gasteiger partial charge on any atom is 0.119 e. The second-order valence-corrected chi connectivity index (χ2v) is 9.04. The fourth-order valence-electron chi connectivity index (χ4n) is 4.12. The molecule has 128 valence electrons. The monoisotopic (exact) mass is 413 g/mol. The van der Waals surface area contributed by atoms with Crippen LogP contribution in [0, 0.1) is 5.92 Å². The highest BCUT2D eigenvalue weighted by atomic mass is 79.9. The standard InChI is InChI=1S/C21H20BrNOS/c22-14-6-9-20-19(10-14)17-2-1-3-18(17)21(23-20)13-4-7-15(8-5-13)24-16-11-25-12-16/h1-2,4-10,16-18,21,23H,3,11-12H2/t17-,18+,21+/m1/s1. The molecule has 3 aliphatic rings. The fraction of sp³-hybridized carbons (Fsp3) is 0.333. The third-order valence-electron chi connectivity index (χ3n) is 5.47. The number of hydrogen-bond acceptors (Lipinski definition) is 3. The minimum atomic E-state index is 0.349. The highest BCUT2D eigenvalue weighted by molar-refractivity contribution is 9.10. The third-order valence-corrected chi connectivity index (χ3v) is 7.18. The molecule has 5 rings (SSSR count). The number of fused-ring (bicyclic) bond motifs is 3. The van der Waals surface area contributed by atoms with E-state index in [9.17, 15) is 0 Å². The Kier molecular flexibility index (Phi) is 4.05. The number of ether oxygens (including phenoxy) is 1. The molecule has 0 saturated carbocycles. The first-order valence-corrected chi connectivity index (χ1v) is 10.8. The van der Waals surface area contributed by atoms with Crippen LogP contribution in [0.2, 0.25) is 0 Å². The van der Waals surface area contributed by atoms with Crippen LogP contribution in [-0.2, 0) is 0 Å². The summed E-state index contributed by atoms with van der Waals surface area (Å²) in [6, 6.07) is 15.7. The van der Waals surface area contributed by atoms with Gasteiger partial charge in [-0.1, -0.05) is 40.2 Å². The van der Waals surface area contributed by atoms with Gasteiger partial charge in [0.2, 0.25) is 0 Å². The van der Waals surface area contributed by atoms with Gasteiger partial charge < -0.3 is 10.1 Å². The smallest absolute Gasteiger partial charge is 0.119 e. The second-order valence-electron chi connectivity index (χ2n) is 7.05. The number of benzene rings is 2. The SMILES string of the molecule is Brc1ccc2c(c1)[C@@H]1C=CC[C@@H]1[C@H](c1ccc(OC3CSC3)cc1)N2. The van der Waals surface area contributed by atoms with Gasteiger partial charge in [-0.25, -0.2) is 0 Å². The molecule has 1 saturated heterocycles. The molecule has 0 bridgehead atoms. The molecule has 0 radical (unpaired) electrons. The fourth-order valence-corrected chi connectivity index (χ4v) is 5.07. The van der Waals surface area contributed by atoms with E-state index in [4.69, 9.17) is 4.74 Å². The summed E-state index contributed by atoms with van der Waals surface area (Å²) in [5, 5.41) is 3.79. The van der Waals surface area contributed by atoms with Gasteiger partial charge >= 0.3 is 0 Å². The molecule has 1 aliphatic carbocycles. The Morgan fingerprint density at radius 1 is 1.08 bits per heavy atom. The lowest BCUT2D eigenvalue weighted by Gasteiger charge is -2.37. The predicted molar refractivity (Wildman–Crippen MR) is 109 cm³/mol. The van der Waals surface area contributed by atoms with Crippen molar-refractivity contribution in [2.75, 3.05) is 16.8 Å². The number of allylic oxidation sites excluding steroid dienone is 2. The Bertz CT molecular complexity index is 815. The van der Waals surface area contributed by atoms with Crippen LogP contribution >= 0.6 is 27.7 Å². The predicted octanol–water partition coefficient (Wildman–Crippen LogP) is 5.77. The summed E-state index contributed by atoms with van der Waals surface area (Å²) >= 11 is 5.57. The van der Waals surface area contributed by atoms with E-state index in [0.29, 0.717) is 24.0 Å². The summed E-state index contributed by atoms with van der Waals surface area (Å²) in [5.41, 5.74) is 4.02. The van der Waals surface area contributed by atoms with Crippen LogP contribution in [0.4, 0.5) is 5.69 Å². The molecular weight excluding hydrogens is 394 g/mol. The van der Waals surface area contributed by atoms with Gasteiger partial charge in [0.25, 0.3) is 0 Å². The highest BCUT2D eigenvalue weighted by Crippen LogP contribution is 2.50. The van der Waals surface area contributed by atoms with E-state index < -0.39 is 0 Å². The van der Waals surface area contributed by atoms with Gasteiger partial charge in [0.05, 0.1) is 6.04 Å². The van der Waals surface area contributed by atoms with Crippen LogP contribution in [0.25, 0.3) is 0 Å². The maximum atomic E-state index is 5.99. The number of thioether (sulfide) groups is 1. The molecule has 2 nitrogen and oxygen atoms in total. The van der Waals surface area contributed by atoms with Crippen LogP contribution in [0.1, 0.15) is 29.5 Å². The van der Waals surface area contributed by atoms with Crippen molar-refractivity contribution < 1.29 is 4.74 Å². The third kappa shape index (κ3) is 2.89. The van der Waals surface area contributed by atoms with Gasteiger partial charge in [-0.3, -0.25) is 0 Å². The molecule has 25 heavy (non-hydrogen) atoms. The molecule has 1 N–H and O–H groups in total. The van der Waals surface area contributed by atoms with Crippen LogP contribution in [0.3, 0.4) is 0 Å². The summed E-state index contributed by atoms with van der Waals surface area (Å²) in [6.45, 7) is 0. The van der Waals surface area contributed by atoms with Crippen LogP contribution in [-0.4, -0.2) is 17.6 Å². The number of nitrogens with one attached hydrogen (secondary N) is 1. The van der Waals surface area contributed by atoms with Crippen LogP contribution < -0.4 is 10.1 Å². The lowest BCUT2D eigenvalue weighted by molar-refractivity contribution is 0.240. The molecule has 2 aromatic rings. The summed E-state index contributed by atoms with van der Waals surface area (Å²) in [5.74, 6) is 4.31. The topological polar surface area (TPSA) is 21.3 Å². The average molecular weight is 414 g/mol. The molecule has 1 fully saturated rings. The largest absolute Gasteiger partial charge is 0.489 e. The van der Waals surface area contributed by atoms with Crippen LogP contribution in [0.15, 0.2) is 59.1 Å². The first-order valence-electron chi connectivity index (χ1n) is 8.85. The molecule has 0 unspecified atom stereocenters. The summed E-state index contributed by atoms with van der Waals surface area (Å²) < 4.78 is 7.14. The lowest BCUT2D eigenvalue weighted by Crippen LogP contribution is -2.31. The highest BCUT2D eigenvalue weighted by Gasteiger charge is 2.37. The Morgan fingerprint density at radius 2 is 1.92 bits per heavy atom. The Labute approximate surface area is 161 Å². The average Bonchev–Trinajstić information content (AvgIpc) is 3.08.